The highest BCUT2D eigenvalue weighted by molar-refractivity contribution is 6.31. The number of carbonyl (C=O) groups excluding carboxylic acids is 1. The average molecular weight is 454 g/mol. The number of ether oxygens (including phenoxy) is 1. The summed E-state index contributed by atoms with van der Waals surface area (Å²) < 4.78 is 22.2. The summed E-state index contributed by atoms with van der Waals surface area (Å²) >= 11 is 6.06. The van der Waals surface area contributed by atoms with E-state index in [4.69, 9.17) is 16.3 Å². The Morgan fingerprint density at radius 1 is 1.16 bits per heavy atom. The van der Waals surface area contributed by atoms with Crippen molar-refractivity contribution in [1.29, 1.82) is 0 Å². The highest BCUT2D eigenvalue weighted by atomic mass is 35.5. The Bertz CT molecular complexity index is 1270. The van der Waals surface area contributed by atoms with Crippen LogP contribution in [0.5, 0.6) is 5.75 Å². The smallest absolute Gasteiger partial charge is 0.276 e. The summed E-state index contributed by atoms with van der Waals surface area (Å²) in [5.41, 5.74) is 3.61. The number of nitrogens with one attached hydrogen (secondary N) is 1. The van der Waals surface area contributed by atoms with Crippen LogP contribution in [-0.4, -0.2) is 25.5 Å². The number of anilines is 1. The molecule has 0 saturated heterocycles. The number of hydrogen-bond acceptors (Lipinski definition) is 4. The molecule has 1 N–H and O–H groups in total. The second-order valence-corrected chi connectivity index (χ2v) is 7.81. The van der Waals surface area contributed by atoms with Crippen molar-refractivity contribution in [2.45, 2.75) is 27.1 Å². The number of amides is 1. The van der Waals surface area contributed by atoms with Gasteiger partial charge in [-0.25, -0.2) is 9.07 Å². The van der Waals surface area contributed by atoms with E-state index < -0.39 is 5.82 Å². The molecule has 0 aliphatic carbocycles. The first-order chi connectivity index (χ1) is 15.4. The Labute approximate surface area is 189 Å². The van der Waals surface area contributed by atoms with Gasteiger partial charge in [0, 0.05) is 17.4 Å². The fourth-order valence-corrected chi connectivity index (χ4v) is 3.31. The third-order valence-corrected chi connectivity index (χ3v) is 5.16. The molecule has 0 saturated carbocycles. The number of rotatable bonds is 7. The van der Waals surface area contributed by atoms with Crippen LogP contribution >= 0.6 is 11.6 Å². The summed E-state index contributed by atoms with van der Waals surface area (Å²) in [6, 6.07) is 11.8. The summed E-state index contributed by atoms with van der Waals surface area (Å²) in [7, 11) is 0. The summed E-state index contributed by atoms with van der Waals surface area (Å²) in [4.78, 5) is 12.5. The zero-order valence-corrected chi connectivity index (χ0v) is 18.3. The van der Waals surface area contributed by atoms with E-state index >= 15 is 0 Å². The summed E-state index contributed by atoms with van der Waals surface area (Å²) in [5, 5.41) is 11.6. The molecule has 4 aromatic rings. The van der Waals surface area contributed by atoms with E-state index in [9.17, 15) is 9.18 Å². The van der Waals surface area contributed by atoms with E-state index in [2.05, 4.69) is 15.5 Å². The van der Waals surface area contributed by atoms with Crippen LogP contribution in [0.3, 0.4) is 0 Å². The molecule has 0 fully saturated rings. The van der Waals surface area contributed by atoms with Crippen LogP contribution in [0.1, 0.15) is 27.2 Å². The molecule has 4 rings (SSSR count). The monoisotopic (exact) mass is 453 g/mol. The van der Waals surface area contributed by atoms with E-state index in [0.717, 1.165) is 22.4 Å². The lowest BCUT2D eigenvalue weighted by Gasteiger charge is -2.09. The van der Waals surface area contributed by atoms with E-state index in [0.29, 0.717) is 17.3 Å². The van der Waals surface area contributed by atoms with Crippen molar-refractivity contribution in [3.05, 3.63) is 94.3 Å². The van der Waals surface area contributed by atoms with Crippen LogP contribution < -0.4 is 10.1 Å². The molecular weight excluding hydrogens is 433 g/mol. The van der Waals surface area contributed by atoms with E-state index in [1.807, 2.05) is 32.0 Å². The van der Waals surface area contributed by atoms with Gasteiger partial charge in [0.05, 0.1) is 18.4 Å². The zero-order chi connectivity index (χ0) is 22.7. The maximum Gasteiger partial charge on any atom is 0.276 e. The molecule has 164 valence electrons. The van der Waals surface area contributed by atoms with Crippen LogP contribution in [0.2, 0.25) is 5.02 Å². The molecule has 0 radical (unpaired) electrons. The third-order valence-electron chi connectivity index (χ3n) is 4.81. The van der Waals surface area contributed by atoms with Crippen molar-refractivity contribution in [1.82, 2.24) is 19.6 Å². The predicted molar refractivity (Wildman–Crippen MR) is 119 cm³/mol. The van der Waals surface area contributed by atoms with Crippen molar-refractivity contribution in [3.63, 3.8) is 0 Å². The number of hydrogen-bond donors (Lipinski definition) is 1. The molecule has 0 bridgehead atoms. The first-order valence-electron chi connectivity index (χ1n) is 9.88. The van der Waals surface area contributed by atoms with Gasteiger partial charge in [-0.05, 0) is 54.8 Å². The molecule has 2 heterocycles. The van der Waals surface area contributed by atoms with Crippen molar-refractivity contribution in [3.8, 4) is 5.75 Å². The zero-order valence-electron chi connectivity index (χ0n) is 17.5. The molecule has 1 amide bonds. The Hall–Kier alpha value is -3.65. The topological polar surface area (TPSA) is 74.0 Å². The van der Waals surface area contributed by atoms with Crippen LogP contribution in [0, 0.1) is 19.7 Å². The van der Waals surface area contributed by atoms with Gasteiger partial charge in [-0.15, -0.1) is 0 Å². The van der Waals surface area contributed by atoms with E-state index in [1.165, 1.54) is 18.3 Å². The van der Waals surface area contributed by atoms with Crippen molar-refractivity contribution in [2.75, 3.05) is 5.32 Å². The molecular formula is C23H21ClFN5O2. The SMILES string of the molecule is Cc1ccc(C)c(OCn2ccc(C(=O)Nc3cnn(Cc4ccc(F)cc4Cl)c3)n2)c1. The molecule has 0 atom stereocenters. The summed E-state index contributed by atoms with van der Waals surface area (Å²) in [6.45, 7) is 4.51. The molecule has 32 heavy (non-hydrogen) atoms. The highest BCUT2D eigenvalue weighted by Gasteiger charge is 2.12. The number of aryl methyl sites for hydroxylation is 2. The first-order valence-corrected chi connectivity index (χ1v) is 10.3. The highest BCUT2D eigenvalue weighted by Crippen LogP contribution is 2.20. The minimum Gasteiger partial charge on any atom is -0.471 e. The number of benzene rings is 2. The lowest BCUT2D eigenvalue weighted by Crippen LogP contribution is -2.14. The Morgan fingerprint density at radius 3 is 2.81 bits per heavy atom. The van der Waals surface area contributed by atoms with Gasteiger partial charge in [-0.1, -0.05) is 29.8 Å². The van der Waals surface area contributed by atoms with Crippen molar-refractivity contribution < 1.29 is 13.9 Å². The average Bonchev–Trinajstić information content (AvgIpc) is 3.40. The second kappa shape index (κ2) is 9.23. The van der Waals surface area contributed by atoms with Gasteiger partial charge in [0.15, 0.2) is 12.4 Å². The summed E-state index contributed by atoms with van der Waals surface area (Å²) in [6.07, 6.45) is 4.87. The van der Waals surface area contributed by atoms with Crippen LogP contribution in [0.25, 0.3) is 0 Å². The molecule has 2 aromatic carbocycles. The van der Waals surface area contributed by atoms with Crippen LogP contribution in [0.15, 0.2) is 61.1 Å². The van der Waals surface area contributed by atoms with Crippen LogP contribution in [0.4, 0.5) is 10.1 Å². The second-order valence-electron chi connectivity index (χ2n) is 7.40. The molecule has 0 aliphatic rings. The Morgan fingerprint density at radius 2 is 2.00 bits per heavy atom. The van der Waals surface area contributed by atoms with Crippen molar-refractivity contribution in [2.24, 2.45) is 0 Å². The third kappa shape index (κ3) is 5.15. The molecule has 2 aromatic heterocycles. The van der Waals surface area contributed by atoms with Gasteiger partial charge < -0.3 is 10.1 Å². The van der Waals surface area contributed by atoms with E-state index in [-0.39, 0.29) is 18.3 Å². The minimum absolute atomic E-state index is 0.188. The van der Waals surface area contributed by atoms with Gasteiger partial charge >= 0.3 is 0 Å². The standard InChI is InChI=1S/C23H21ClFN5O2/c1-15-3-4-16(2)22(9-15)32-14-29-8-7-21(28-29)23(31)27-19-11-26-30(13-19)12-17-5-6-18(25)10-20(17)24/h3-11,13H,12,14H2,1-2H3,(H,27,31). The molecule has 9 heteroatoms. The number of aromatic nitrogens is 4. The minimum atomic E-state index is -0.397. The fourth-order valence-electron chi connectivity index (χ4n) is 3.09. The van der Waals surface area contributed by atoms with E-state index in [1.54, 1.807) is 33.9 Å². The molecule has 7 nitrogen and oxygen atoms in total. The lowest BCUT2D eigenvalue weighted by molar-refractivity contribution is 0.102. The molecule has 0 aliphatic heterocycles. The van der Waals surface area contributed by atoms with Gasteiger partial charge in [0.2, 0.25) is 0 Å². The number of nitrogens with zero attached hydrogens (tertiary/aromatic N) is 4. The predicted octanol–water partition coefficient (Wildman–Crippen LogP) is 4.83. The lowest BCUT2D eigenvalue weighted by atomic mass is 10.1. The number of carbonyl (C=O) groups is 1. The molecule has 0 unspecified atom stereocenters. The summed E-state index contributed by atoms with van der Waals surface area (Å²) in [5.74, 6) is 0.0149. The fraction of sp³-hybridized carbons (Fsp3) is 0.174. The van der Waals surface area contributed by atoms with Gasteiger partial charge in [0.1, 0.15) is 11.6 Å². The largest absolute Gasteiger partial charge is 0.471 e. The van der Waals surface area contributed by atoms with Crippen molar-refractivity contribution >= 4 is 23.2 Å². The number of halogens is 2. The first kappa shape index (κ1) is 21.6. The Balaban J connectivity index is 1.35. The van der Waals surface area contributed by atoms with Gasteiger partial charge in [-0.2, -0.15) is 10.2 Å². The Kier molecular flexibility index (Phi) is 6.23. The quantitative estimate of drug-likeness (QED) is 0.435. The maximum absolute atomic E-state index is 13.2. The van der Waals surface area contributed by atoms with Gasteiger partial charge in [0.25, 0.3) is 5.91 Å². The van der Waals surface area contributed by atoms with Gasteiger partial charge in [-0.3, -0.25) is 9.48 Å². The molecule has 0 spiro atoms. The van der Waals surface area contributed by atoms with Crippen LogP contribution in [-0.2, 0) is 13.3 Å². The normalized spacial score (nSPS) is 10.9. The maximum atomic E-state index is 13.2.